The molecule has 1 radical (unpaired) electrons. The molecule has 0 N–H and O–H groups in total. The molecule has 0 saturated carbocycles. The van der Waals surface area contributed by atoms with Crippen molar-refractivity contribution < 1.29 is 31.4 Å². The second kappa shape index (κ2) is 13.5. The molecule has 0 unspecified atom stereocenters. The van der Waals surface area contributed by atoms with E-state index in [0.717, 1.165) is 60.8 Å². The molecule has 3 aromatic carbocycles. The number of nitrogens with zero attached hydrogens (tertiary/aromatic N) is 4. The van der Waals surface area contributed by atoms with Crippen LogP contribution >= 0.6 is 0 Å². The van der Waals surface area contributed by atoms with Gasteiger partial charge in [-0.2, -0.15) is 0 Å². The van der Waals surface area contributed by atoms with Crippen molar-refractivity contribution in [2.45, 2.75) is 67.5 Å². The normalized spacial score (nSPS) is 14.0. The van der Waals surface area contributed by atoms with Crippen LogP contribution in [-0.4, -0.2) is 27.6 Å². The van der Waals surface area contributed by atoms with E-state index >= 15 is 0 Å². The summed E-state index contributed by atoms with van der Waals surface area (Å²) in [5.41, 5.74) is 8.27. The van der Waals surface area contributed by atoms with E-state index < -0.39 is 26.7 Å². The minimum absolute atomic E-state index is 0. The molecule has 0 saturated heterocycles. The van der Waals surface area contributed by atoms with Gasteiger partial charge in [0.05, 0.1) is 36.7 Å². The van der Waals surface area contributed by atoms with Gasteiger partial charge < -0.3 is 14.0 Å². The Bertz CT molecular complexity index is 2440. The fraction of sp³-hybridized carbons (Fsp3) is 0.293. The topological polar surface area (TPSA) is 56.7 Å². The first-order chi connectivity index (χ1) is 24.2. The Hall–Kier alpha value is -3.90. The van der Waals surface area contributed by atoms with E-state index in [2.05, 4.69) is 65.4 Å². The summed E-state index contributed by atoms with van der Waals surface area (Å²) in [5.74, 6) is 0.839. The number of para-hydroxylation sites is 1. The Labute approximate surface area is 306 Å². The second-order valence-corrected chi connectivity index (χ2v) is 19.2. The predicted octanol–water partition coefficient (Wildman–Crippen LogP) is 9.94. The Morgan fingerprint density at radius 2 is 1.75 bits per heavy atom. The van der Waals surface area contributed by atoms with Gasteiger partial charge in [-0.15, -0.1) is 53.1 Å². The number of pyridine rings is 2. The third-order valence-corrected chi connectivity index (χ3v) is 10.1. The molecule has 0 spiro atoms. The fourth-order valence-electron chi connectivity index (χ4n) is 5.81. The summed E-state index contributed by atoms with van der Waals surface area (Å²) in [6, 6.07) is 25.1. The average Bonchev–Trinajstić information content (AvgIpc) is 3.62. The predicted molar refractivity (Wildman–Crippen MR) is 199 cm³/mol. The van der Waals surface area contributed by atoms with Gasteiger partial charge in [0.15, 0.2) is 0 Å². The van der Waals surface area contributed by atoms with Crippen LogP contribution in [0, 0.1) is 38.2 Å². The number of aromatic nitrogens is 4. The molecule has 4 aromatic heterocycles. The zero-order valence-corrected chi connectivity index (χ0v) is 32.4. The van der Waals surface area contributed by atoms with Crippen LogP contribution in [0.15, 0.2) is 77.5 Å². The maximum Gasteiger partial charge on any atom is 0.120 e. The van der Waals surface area contributed by atoms with Crippen LogP contribution in [0.25, 0.3) is 55.6 Å². The molecule has 7 aromatic rings. The van der Waals surface area contributed by atoms with Gasteiger partial charge in [0, 0.05) is 51.3 Å². The molecule has 0 atom stereocenters. The summed E-state index contributed by atoms with van der Waals surface area (Å²) < 4.78 is 48.3. The van der Waals surface area contributed by atoms with Gasteiger partial charge in [0.2, 0.25) is 0 Å². The van der Waals surface area contributed by atoms with E-state index in [9.17, 15) is 0 Å². The summed E-state index contributed by atoms with van der Waals surface area (Å²) in [6.45, 7) is 14.2. The van der Waals surface area contributed by atoms with Crippen molar-refractivity contribution in [1.29, 1.82) is 0 Å². The van der Waals surface area contributed by atoms with Crippen molar-refractivity contribution in [3.8, 4) is 22.6 Å². The molecular weight excluding hydrogens is 785 g/mol. The number of rotatable bonds is 4. The third-order valence-electron chi connectivity index (χ3n) is 8.09. The smallest absolute Gasteiger partial charge is 0.120 e. The van der Waals surface area contributed by atoms with Crippen molar-refractivity contribution in [2.24, 2.45) is 12.5 Å². The van der Waals surface area contributed by atoms with Crippen molar-refractivity contribution >= 4 is 46.2 Å². The molecule has 249 valence electrons. The van der Waals surface area contributed by atoms with E-state index in [4.69, 9.17) is 16.3 Å². The van der Waals surface area contributed by atoms with Crippen LogP contribution in [0.2, 0.25) is 19.6 Å². The number of imidazole rings is 1. The fourth-order valence-corrected chi connectivity index (χ4v) is 7.20. The Balaban J connectivity index is 0.000000201. The SMILES string of the molecule is Cc1cc2c(cn1)nc(-c1[c-]cc(C)c3c1oc1ccccc13)n2C.[2H]C([2H])([2H])c1c[c-]c(-c2cc(C([2H])([2H])C(C)(C)C)c([Si](C)(C)C)cn2)cc1.[Ir]. The van der Waals surface area contributed by atoms with Crippen LogP contribution in [0.3, 0.4) is 0 Å². The van der Waals surface area contributed by atoms with E-state index in [-0.39, 0.29) is 25.7 Å². The number of hydrogen-bond donors (Lipinski definition) is 0. The molecule has 4 heterocycles. The molecule has 0 fully saturated rings. The van der Waals surface area contributed by atoms with Crippen LogP contribution in [0.4, 0.5) is 0 Å². The second-order valence-electron chi connectivity index (χ2n) is 14.2. The molecular formula is C41H44IrN4OSi-2. The minimum Gasteiger partial charge on any atom is -0.501 e. The summed E-state index contributed by atoms with van der Waals surface area (Å²) in [4.78, 5) is 13.7. The molecule has 5 nitrogen and oxygen atoms in total. The van der Waals surface area contributed by atoms with E-state index in [1.54, 1.807) is 18.3 Å². The van der Waals surface area contributed by atoms with Crippen LogP contribution in [-0.2, 0) is 33.5 Å². The quantitative estimate of drug-likeness (QED) is 0.131. The monoisotopic (exact) mass is 834 g/mol. The zero-order valence-electron chi connectivity index (χ0n) is 34.0. The Morgan fingerprint density at radius 3 is 2.44 bits per heavy atom. The number of furan rings is 1. The van der Waals surface area contributed by atoms with E-state index in [0.29, 0.717) is 16.8 Å². The van der Waals surface area contributed by atoms with Crippen molar-refractivity contribution in [1.82, 2.24) is 19.5 Å². The number of hydrogen-bond acceptors (Lipinski definition) is 4. The molecule has 0 bridgehead atoms. The number of fused-ring (bicyclic) bond motifs is 4. The first kappa shape index (κ1) is 29.1. The van der Waals surface area contributed by atoms with Crippen molar-refractivity contribution in [3.63, 3.8) is 0 Å². The molecule has 0 aliphatic heterocycles. The van der Waals surface area contributed by atoms with Crippen molar-refractivity contribution in [2.75, 3.05) is 0 Å². The largest absolute Gasteiger partial charge is 0.501 e. The summed E-state index contributed by atoms with van der Waals surface area (Å²) in [5, 5.41) is 3.26. The number of aryl methyl sites for hydroxylation is 4. The molecule has 7 rings (SSSR count). The van der Waals surface area contributed by atoms with Gasteiger partial charge in [-0.1, -0.05) is 95.0 Å². The Kier molecular flexibility index (Phi) is 8.20. The van der Waals surface area contributed by atoms with Crippen molar-refractivity contribution in [3.05, 3.63) is 108 Å². The molecule has 48 heavy (non-hydrogen) atoms. The van der Waals surface area contributed by atoms with Gasteiger partial charge in [-0.05, 0) is 41.7 Å². The van der Waals surface area contributed by atoms with Crippen LogP contribution < -0.4 is 5.19 Å². The van der Waals surface area contributed by atoms with E-state index in [1.165, 1.54) is 6.07 Å². The maximum absolute atomic E-state index is 8.79. The van der Waals surface area contributed by atoms with Gasteiger partial charge in [-0.3, -0.25) is 9.97 Å². The molecule has 0 amide bonds. The van der Waals surface area contributed by atoms with Gasteiger partial charge in [0.25, 0.3) is 0 Å². The summed E-state index contributed by atoms with van der Waals surface area (Å²) in [7, 11) is 0.209. The third kappa shape index (κ3) is 7.24. The zero-order chi connectivity index (χ0) is 38.0. The van der Waals surface area contributed by atoms with Gasteiger partial charge >= 0.3 is 0 Å². The first-order valence-corrected chi connectivity index (χ1v) is 19.3. The number of benzene rings is 3. The van der Waals surface area contributed by atoms with Gasteiger partial charge in [0.1, 0.15) is 5.58 Å². The van der Waals surface area contributed by atoms with Crippen LogP contribution in [0.5, 0.6) is 0 Å². The van der Waals surface area contributed by atoms with E-state index in [1.807, 2.05) is 71.3 Å². The summed E-state index contributed by atoms with van der Waals surface area (Å²) >= 11 is 0. The maximum atomic E-state index is 8.79. The standard InChI is InChI=1S/C21H16N3O.C20H28NSi.Ir/c1-12-8-9-15(20-19(12)14-6-4-5-7-18(14)25-20)21-23-16-11-22-13(2)10-17(16)24(21)3;1-15-8-10-16(11-9-15)18-12-17(13-20(2,3)4)19(14-21-18)22(5,6)7;/h4-8,10-11H,1-3H3;8-10,12,14H,13H2,1-7H3;/q2*-1;/i;1D3,13D2;. The first-order valence-electron chi connectivity index (χ1n) is 18.3. The average molecular weight is 834 g/mol. The Morgan fingerprint density at radius 1 is 0.979 bits per heavy atom. The van der Waals surface area contributed by atoms with Crippen LogP contribution in [0.1, 0.15) is 50.0 Å². The molecule has 0 aliphatic carbocycles. The van der Waals surface area contributed by atoms with Gasteiger partial charge in [-0.25, -0.2) is 0 Å². The summed E-state index contributed by atoms with van der Waals surface area (Å²) in [6.07, 6.45) is 2.09. The molecule has 7 heteroatoms. The molecule has 0 aliphatic rings. The minimum atomic E-state index is -2.17.